The molecule has 0 fully saturated rings. The molecule has 0 unspecified atom stereocenters. The molecule has 1 aromatic heterocycles. The number of aromatic nitrogens is 1. The van der Waals surface area contributed by atoms with E-state index in [9.17, 15) is 21.6 Å². The fourth-order valence-electron chi connectivity index (χ4n) is 0.943. The summed E-state index contributed by atoms with van der Waals surface area (Å²) < 4.78 is 61.3. The predicted octanol–water partition coefficient (Wildman–Crippen LogP) is 2.87. The van der Waals surface area contributed by atoms with Gasteiger partial charge in [0.15, 0.2) is 5.03 Å². The molecule has 0 aliphatic heterocycles. The largest absolute Gasteiger partial charge is 0.574 e. The van der Waals surface area contributed by atoms with Crippen LogP contribution in [0.1, 0.15) is 5.56 Å². The number of pyridine rings is 1. The van der Waals surface area contributed by atoms with Gasteiger partial charge in [-0.2, -0.15) is 4.98 Å². The van der Waals surface area contributed by atoms with Gasteiger partial charge in [0.1, 0.15) is 0 Å². The van der Waals surface area contributed by atoms with Crippen LogP contribution in [-0.2, 0) is 9.05 Å². The Labute approximate surface area is 104 Å². The van der Waals surface area contributed by atoms with Gasteiger partial charge in [0.25, 0.3) is 9.05 Å². The normalized spacial score (nSPS) is 12.6. The van der Waals surface area contributed by atoms with Crippen molar-refractivity contribution in [2.75, 3.05) is 0 Å². The summed E-state index contributed by atoms with van der Waals surface area (Å²) in [6.45, 7) is 1.25. The second-order valence-corrected chi connectivity index (χ2v) is 5.75. The Kier molecular flexibility index (Phi) is 3.80. The third kappa shape index (κ3) is 3.90. The first kappa shape index (κ1) is 14.3. The van der Waals surface area contributed by atoms with Gasteiger partial charge >= 0.3 is 6.36 Å². The number of alkyl halides is 3. The van der Waals surface area contributed by atoms with Crippen LogP contribution in [0.4, 0.5) is 13.2 Å². The predicted molar refractivity (Wildman–Crippen MR) is 53.7 cm³/mol. The maximum atomic E-state index is 11.9. The summed E-state index contributed by atoms with van der Waals surface area (Å²) in [6, 6.07) is 0.746. The molecule has 0 aliphatic rings. The molecule has 1 rings (SSSR count). The number of hydrogen-bond donors (Lipinski definition) is 0. The van der Waals surface area contributed by atoms with Crippen LogP contribution in [0.25, 0.3) is 0 Å². The summed E-state index contributed by atoms with van der Waals surface area (Å²) in [7, 11) is 0.689. The molecule has 0 bridgehead atoms. The third-order valence-corrected chi connectivity index (χ3v) is 3.28. The summed E-state index contributed by atoms with van der Waals surface area (Å²) in [6.07, 6.45) is -5.00. The fraction of sp³-hybridized carbons (Fsp3) is 0.286. The first-order valence-corrected chi connectivity index (χ1v) is 6.57. The summed E-state index contributed by atoms with van der Waals surface area (Å²) >= 11 is 5.54. The lowest BCUT2D eigenvalue weighted by atomic mass is 10.3. The Morgan fingerprint density at radius 1 is 1.41 bits per heavy atom. The molecule has 0 N–H and O–H groups in total. The van der Waals surface area contributed by atoms with E-state index in [-0.39, 0.29) is 10.6 Å². The Bertz CT molecular complexity index is 544. The second kappa shape index (κ2) is 4.51. The number of halogens is 5. The molecule has 17 heavy (non-hydrogen) atoms. The zero-order valence-electron chi connectivity index (χ0n) is 8.05. The molecule has 0 radical (unpaired) electrons. The minimum Gasteiger partial charge on any atom is -0.388 e. The van der Waals surface area contributed by atoms with Gasteiger partial charge in [-0.3, -0.25) is 0 Å². The maximum Gasteiger partial charge on any atom is 0.574 e. The standard InChI is InChI=1S/C7H4Cl2F3NO3S/c1-3-4(8)2-5(16-7(10,11)12)13-6(3)17(9,14)15/h2H,1H3. The van der Waals surface area contributed by atoms with E-state index in [1.165, 1.54) is 6.92 Å². The van der Waals surface area contributed by atoms with E-state index >= 15 is 0 Å². The average Bonchev–Trinajstić information content (AvgIpc) is 2.06. The number of nitrogens with zero attached hydrogens (tertiary/aromatic N) is 1. The highest BCUT2D eigenvalue weighted by Crippen LogP contribution is 2.30. The Balaban J connectivity index is 3.35. The van der Waals surface area contributed by atoms with Crippen molar-refractivity contribution in [1.29, 1.82) is 0 Å². The van der Waals surface area contributed by atoms with Crippen LogP contribution in [0.3, 0.4) is 0 Å². The third-order valence-electron chi connectivity index (χ3n) is 1.59. The highest BCUT2D eigenvalue weighted by atomic mass is 35.7. The van der Waals surface area contributed by atoms with Gasteiger partial charge in [-0.1, -0.05) is 11.6 Å². The molecular formula is C7H4Cl2F3NO3S. The number of ether oxygens (including phenoxy) is 1. The minimum atomic E-state index is -5.00. The highest BCUT2D eigenvalue weighted by molar-refractivity contribution is 8.13. The molecule has 0 saturated carbocycles. The Morgan fingerprint density at radius 2 is 1.94 bits per heavy atom. The highest BCUT2D eigenvalue weighted by Gasteiger charge is 2.33. The van der Waals surface area contributed by atoms with E-state index in [2.05, 4.69) is 9.72 Å². The number of hydrogen-bond acceptors (Lipinski definition) is 4. The lowest BCUT2D eigenvalue weighted by Crippen LogP contribution is -2.18. The van der Waals surface area contributed by atoms with E-state index < -0.39 is 26.3 Å². The quantitative estimate of drug-likeness (QED) is 0.788. The van der Waals surface area contributed by atoms with Crippen LogP contribution in [-0.4, -0.2) is 19.8 Å². The van der Waals surface area contributed by atoms with E-state index in [1.807, 2.05) is 0 Å². The topological polar surface area (TPSA) is 56.3 Å². The van der Waals surface area contributed by atoms with Crippen LogP contribution in [0.5, 0.6) is 5.88 Å². The van der Waals surface area contributed by atoms with E-state index in [0.29, 0.717) is 0 Å². The molecule has 0 aliphatic carbocycles. The zero-order chi connectivity index (χ0) is 13.4. The maximum absolute atomic E-state index is 11.9. The fourth-order valence-corrected chi connectivity index (χ4v) is 2.31. The molecule has 0 atom stereocenters. The van der Waals surface area contributed by atoms with Crippen LogP contribution >= 0.6 is 22.3 Å². The number of rotatable bonds is 2. The first-order valence-electron chi connectivity index (χ1n) is 3.88. The first-order chi connectivity index (χ1) is 7.50. The molecular weight excluding hydrogens is 306 g/mol. The summed E-state index contributed by atoms with van der Waals surface area (Å²) in [5.74, 6) is -0.993. The monoisotopic (exact) mass is 309 g/mol. The smallest absolute Gasteiger partial charge is 0.388 e. The van der Waals surface area contributed by atoms with E-state index in [1.54, 1.807) is 0 Å². The van der Waals surface area contributed by atoms with Gasteiger partial charge in [0.2, 0.25) is 5.88 Å². The molecule has 1 heterocycles. The van der Waals surface area contributed by atoms with Crippen molar-refractivity contribution in [3.63, 3.8) is 0 Å². The van der Waals surface area contributed by atoms with Crippen molar-refractivity contribution in [2.24, 2.45) is 0 Å². The Morgan fingerprint density at radius 3 is 2.35 bits per heavy atom. The SMILES string of the molecule is Cc1c(Cl)cc(OC(F)(F)F)nc1S(=O)(=O)Cl. The zero-order valence-corrected chi connectivity index (χ0v) is 10.4. The molecule has 1 aromatic rings. The molecule has 10 heteroatoms. The van der Waals surface area contributed by atoms with Crippen LogP contribution in [0.15, 0.2) is 11.1 Å². The van der Waals surface area contributed by atoms with Crippen LogP contribution < -0.4 is 4.74 Å². The van der Waals surface area contributed by atoms with E-state index in [4.69, 9.17) is 22.3 Å². The minimum absolute atomic E-state index is 0.0591. The summed E-state index contributed by atoms with van der Waals surface area (Å²) in [5.41, 5.74) is -0.0591. The van der Waals surface area contributed by atoms with Gasteiger partial charge in [-0.05, 0) is 6.92 Å². The molecule has 96 valence electrons. The summed E-state index contributed by atoms with van der Waals surface area (Å²) in [5, 5.41) is -1.02. The molecule has 0 amide bonds. The van der Waals surface area contributed by atoms with Crippen LogP contribution in [0, 0.1) is 6.92 Å². The van der Waals surface area contributed by atoms with Crippen LogP contribution in [0.2, 0.25) is 5.02 Å². The molecule has 4 nitrogen and oxygen atoms in total. The Hall–Kier alpha value is -0.730. The van der Waals surface area contributed by atoms with Gasteiger partial charge in [-0.25, -0.2) is 8.42 Å². The second-order valence-electron chi connectivity index (χ2n) is 2.86. The van der Waals surface area contributed by atoms with Gasteiger partial charge in [0, 0.05) is 22.3 Å². The molecule has 0 aromatic carbocycles. The van der Waals surface area contributed by atoms with Gasteiger partial charge in [-0.15, -0.1) is 13.2 Å². The molecule has 0 spiro atoms. The van der Waals surface area contributed by atoms with Crippen molar-refractivity contribution in [3.8, 4) is 5.88 Å². The van der Waals surface area contributed by atoms with Crippen molar-refractivity contribution in [3.05, 3.63) is 16.7 Å². The van der Waals surface area contributed by atoms with Crippen molar-refractivity contribution in [1.82, 2.24) is 4.98 Å². The molecule has 0 saturated heterocycles. The lowest BCUT2D eigenvalue weighted by Gasteiger charge is -2.10. The van der Waals surface area contributed by atoms with Gasteiger partial charge in [0.05, 0.1) is 5.02 Å². The lowest BCUT2D eigenvalue weighted by molar-refractivity contribution is -0.276. The van der Waals surface area contributed by atoms with E-state index in [0.717, 1.165) is 6.07 Å². The van der Waals surface area contributed by atoms with Crippen molar-refractivity contribution < 1.29 is 26.3 Å². The van der Waals surface area contributed by atoms with Gasteiger partial charge < -0.3 is 4.74 Å². The average molecular weight is 310 g/mol. The van der Waals surface area contributed by atoms with Crippen molar-refractivity contribution >= 4 is 31.3 Å². The van der Waals surface area contributed by atoms with Crippen molar-refractivity contribution in [2.45, 2.75) is 18.3 Å². The summed E-state index contributed by atoms with van der Waals surface area (Å²) in [4.78, 5) is 3.14.